The maximum Gasteiger partial charge on any atom is 0.460 e. The molecule has 0 unspecified atom stereocenters. The Hall–Kier alpha value is -2.38. The molecule has 0 amide bonds. The van der Waals surface area contributed by atoms with Gasteiger partial charge < -0.3 is 4.18 Å². The maximum absolute atomic E-state index is 13.8. The van der Waals surface area contributed by atoms with Gasteiger partial charge in [-0.15, -0.1) is 10.2 Å². The highest BCUT2D eigenvalue weighted by Gasteiger charge is 2.82. The summed E-state index contributed by atoms with van der Waals surface area (Å²) in [6.07, 6.45) is -5.81. The van der Waals surface area contributed by atoms with Crippen molar-refractivity contribution in [2.75, 3.05) is 0 Å². The quantitative estimate of drug-likeness (QED) is 0.430. The zero-order valence-electron chi connectivity index (χ0n) is 14.7. The molecule has 0 saturated heterocycles. The first kappa shape index (κ1) is 22.3. The number of allylic oxidation sites excluding steroid dienone is 1. The minimum Gasteiger partial charge on any atom is -0.419 e. The average Bonchev–Trinajstić information content (AvgIpc) is 2.92. The van der Waals surface area contributed by atoms with E-state index in [0.29, 0.717) is 17.3 Å². The van der Waals surface area contributed by atoms with E-state index >= 15 is 0 Å². The third-order valence-corrected chi connectivity index (χ3v) is 4.85. The lowest BCUT2D eigenvalue weighted by atomic mass is 10.1. The second kappa shape index (κ2) is 7.10. The van der Waals surface area contributed by atoms with E-state index in [4.69, 9.17) is 0 Å². The summed E-state index contributed by atoms with van der Waals surface area (Å²) < 4.78 is 123. The van der Waals surface area contributed by atoms with E-state index in [1.807, 2.05) is 0 Å². The Labute approximate surface area is 166 Å². The largest absolute Gasteiger partial charge is 0.460 e. The molecule has 0 saturated carbocycles. The summed E-state index contributed by atoms with van der Waals surface area (Å²) >= 11 is -1.48. The number of para-hydroxylation sites is 1. The number of aryl methyl sites for hydroxylation is 1. The van der Waals surface area contributed by atoms with E-state index < -0.39 is 41.1 Å². The van der Waals surface area contributed by atoms with Crippen LogP contribution >= 0.6 is 12.0 Å². The Morgan fingerprint density at radius 1 is 0.933 bits per heavy atom. The minimum atomic E-state index is -6.99. The summed E-state index contributed by atoms with van der Waals surface area (Å²) in [4.78, 5) is 0. The Morgan fingerprint density at radius 2 is 1.57 bits per heavy atom. The molecule has 1 aromatic heterocycles. The molecule has 2 aromatic rings. The normalized spacial score (nSPS) is 15.2. The van der Waals surface area contributed by atoms with Crippen molar-refractivity contribution in [2.45, 2.75) is 36.6 Å². The van der Waals surface area contributed by atoms with Crippen LogP contribution < -0.4 is 0 Å². The lowest BCUT2D eigenvalue weighted by Crippen LogP contribution is -2.59. The minimum absolute atomic E-state index is 0.0634. The van der Waals surface area contributed by atoms with Crippen LogP contribution in [0.4, 0.5) is 39.5 Å². The highest BCUT2D eigenvalue weighted by molar-refractivity contribution is 7.96. The van der Waals surface area contributed by atoms with Crippen LogP contribution in [0.5, 0.6) is 0 Å². The fourth-order valence-electron chi connectivity index (χ4n) is 2.61. The van der Waals surface area contributed by atoms with E-state index in [1.54, 1.807) is 13.0 Å². The Balaban J connectivity index is 1.91. The molecule has 0 bridgehead atoms. The molecular weight excluding hydrogens is 453 g/mol. The zero-order valence-corrected chi connectivity index (χ0v) is 15.5. The molecule has 0 atom stereocenters. The number of nitrogens with zero attached hydrogens (tertiary/aromatic N) is 3. The van der Waals surface area contributed by atoms with Crippen LogP contribution in [0.25, 0.3) is 11.4 Å². The van der Waals surface area contributed by atoms with E-state index in [0.717, 1.165) is 6.08 Å². The molecule has 1 aliphatic heterocycles. The number of hydrogen-bond acceptors (Lipinski definition) is 4. The molecule has 3 rings (SSSR count). The van der Waals surface area contributed by atoms with Gasteiger partial charge in [-0.2, -0.15) is 39.5 Å². The van der Waals surface area contributed by atoms with Crippen LogP contribution in [0.1, 0.15) is 17.2 Å². The van der Waals surface area contributed by atoms with Crippen LogP contribution in [0, 0.1) is 6.92 Å². The van der Waals surface area contributed by atoms with Gasteiger partial charge in [0, 0.05) is 12.0 Å². The van der Waals surface area contributed by atoms with Gasteiger partial charge in [-0.25, -0.2) is 0 Å². The fourth-order valence-corrected chi connectivity index (χ4v) is 3.20. The fraction of sp³-hybridized carbons (Fsp3) is 0.375. The molecule has 30 heavy (non-hydrogen) atoms. The van der Waals surface area contributed by atoms with Crippen molar-refractivity contribution in [3.05, 3.63) is 47.6 Å². The molecule has 14 heteroatoms. The smallest absolute Gasteiger partial charge is 0.419 e. The Bertz CT molecular complexity index is 985. The van der Waals surface area contributed by atoms with Gasteiger partial charge >= 0.3 is 23.3 Å². The number of aromatic nitrogens is 3. The highest BCUT2D eigenvalue weighted by atomic mass is 32.2. The van der Waals surface area contributed by atoms with Crippen LogP contribution in [0.15, 0.2) is 30.3 Å². The van der Waals surface area contributed by atoms with Gasteiger partial charge in [-0.1, -0.05) is 12.1 Å². The second-order valence-electron chi connectivity index (χ2n) is 6.12. The highest BCUT2D eigenvalue weighted by Crippen LogP contribution is 2.57. The molecule has 0 spiro atoms. The van der Waals surface area contributed by atoms with Crippen molar-refractivity contribution < 1.29 is 43.7 Å². The van der Waals surface area contributed by atoms with Crippen molar-refractivity contribution >= 4 is 17.8 Å². The van der Waals surface area contributed by atoms with Crippen molar-refractivity contribution in [3.8, 4) is 5.69 Å². The topological polar surface area (TPSA) is 39.9 Å². The van der Waals surface area contributed by atoms with Gasteiger partial charge in [0.25, 0.3) is 0 Å². The van der Waals surface area contributed by atoms with Crippen LogP contribution in [-0.4, -0.2) is 38.0 Å². The first-order valence-electron chi connectivity index (χ1n) is 7.97. The number of benzene rings is 1. The summed E-state index contributed by atoms with van der Waals surface area (Å²) in [5, 5.41) is 1.81. The summed E-state index contributed by atoms with van der Waals surface area (Å²) in [6.45, 7) is 1.59. The third kappa shape index (κ3) is 3.40. The first-order chi connectivity index (χ1) is 13.7. The SMILES string of the molecule is Cc1nnc2n1-c1ccccc1C(OSC(F)(F)C(F)(F)C(F)(F)C(F)(F)F)=CC2. The standard InChI is InChI=1S/C16H10F9N3OS/c1-8-26-27-12-7-6-11(9-4-2-3-5-10(9)28(8)12)29-30-16(24,25)14(19,20)13(17,18)15(21,22)23/h2-6H,7H2,1H3. The van der Waals surface area contributed by atoms with Crippen LogP contribution in [-0.2, 0) is 10.6 Å². The Kier molecular flexibility index (Phi) is 5.28. The summed E-state index contributed by atoms with van der Waals surface area (Å²) in [5.74, 6) is -13.5. The van der Waals surface area contributed by atoms with Gasteiger partial charge in [0.1, 0.15) is 29.5 Å². The van der Waals surface area contributed by atoms with Gasteiger partial charge in [0.05, 0.1) is 5.69 Å². The number of rotatable bonds is 5. The molecule has 164 valence electrons. The number of hydrogen-bond donors (Lipinski definition) is 0. The molecular formula is C16H10F9N3OS. The van der Waals surface area contributed by atoms with Gasteiger partial charge in [-0.3, -0.25) is 4.57 Å². The molecule has 2 heterocycles. The van der Waals surface area contributed by atoms with E-state index in [1.165, 1.54) is 22.8 Å². The average molecular weight is 463 g/mol. The molecule has 0 fully saturated rings. The summed E-state index contributed by atoms with van der Waals surface area (Å²) in [6, 6.07) is 5.88. The van der Waals surface area contributed by atoms with Gasteiger partial charge in [0.15, 0.2) is 0 Å². The number of halogens is 9. The number of alkyl halides is 9. The Morgan fingerprint density at radius 3 is 2.20 bits per heavy atom. The summed E-state index contributed by atoms with van der Waals surface area (Å²) in [5.41, 5.74) is 0.406. The van der Waals surface area contributed by atoms with Crippen LogP contribution in [0.3, 0.4) is 0 Å². The first-order valence-corrected chi connectivity index (χ1v) is 8.71. The molecule has 1 aromatic carbocycles. The molecule has 0 radical (unpaired) electrons. The van der Waals surface area contributed by atoms with Crippen molar-refractivity contribution in [3.63, 3.8) is 0 Å². The molecule has 0 N–H and O–H groups in total. The van der Waals surface area contributed by atoms with E-state index in [2.05, 4.69) is 14.4 Å². The van der Waals surface area contributed by atoms with E-state index in [-0.39, 0.29) is 12.0 Å². The van der Waals surface area contributed by atoms with Crippen molar-refractivity contribution in [1.82, 2.24) is 14.8 Å². The second-order valence-corrected chi connectivity index (χ2v) is 6.96. The van der Waals surface area contributed by atoms with Crippen molar-refractivity contribution in [1.29, 1.82) is 0 Å². The van der Waals surface area contributed by atoms with Gasteiger partial charge in [0.2, 0.25) is 0 Å². The molecule has 0 aliphatic carbocycles. The monoisotopic (exact) mass is 463 g/mol. The van der Waals surface area contributed by atoms with Gasteiger partial charge in [-0.05, 0) is 25.1 Å². The predicted molar refractivity (Wildman–Crippen MR) is 87.3 cm³/mol. The molecule has 1 aliphatic rings. The lowest BCUT2D eigenvalue weighted by Gasteiger charge is -2.32. The van der Waals surface area contributed by atoms with Crippen LogP contribution in [0.2, 0.25) is 0 Å². The van der Waals surface area contributed by atoms with Crippen molar-refractivity contribution in [2.24, 2.45) is 0 Å². The lowest BCUT2D eigenvalue weighted by molar-refractivity contribution is -0.381. The predicted octanol–water partition coefficient (Wildman–Crippen LogP) is 5.56. The maximum atomic E-state index is 13.8. The number of fused-ring (bicyclic) bond motifs is 3. The molecule has 4 nitrogen and oxygen atoms in total. The third-order valence-electron chi connectivity index (χ3n) is 4.12. The van der Waals surface area contributed by atoms with E-state index in [9.17, 15) is 39.5 Å². The summed E-state index contributed by atoms with van der Waals surface area (Å²) in [7, 11) is 0. The zero-order chi connectivity index (χ0) is 22.5.